The number of unbranched alkanes of at least 4 members (excludes halogenated alkanes) is 1. The van der Waals surface area contributed by atoms with Gasteiger partial charge in [-0.3, -0.25) is 0 Å². The van der Waals surface area contributed by atoms with Gasteiger partial charge in [0.15, 0.2) is 11.6 Å². The maximum absolute atomic E-state index is 14.3. The third-order valence-electron chi connectivity index (χ3n) is 4.28. The lowest BCUT2D eigenvalue weighted by atomic mass is 9.89. The standard InChI is InChI=1S/C17H23FN2OS/c1-2-3-10-21-16-7-6-13(12-15(16)18)14-5-4-8-20-9-11-22-19-17(14)20/h6-7,12,14H,2-5,8-11H2,1H3. The van der Waals surface area contributed by atoms with E-state index in [1.807, 2.05) is 6.07 Å². The molecule has 3 rings (SSSR count). The van der Waals surface area contributed by atoms with E-state index in [4.69, 9.17) is 4.74 Å². The molecule has 1 aromatic carbocycles. The minimum atomic E-state index is -0.255. The van der Waals surface area contributed by atoms with Crippen LogP contribution in [-0.2, 0) is 0 Å². The van der Waals surface area contributed by atoms with Crippen molar-refractivity contribution in [3.05, 3.63) is 29.6 Å². The average molecular weight is 322 g/mol. The topological polar surface area (TPSA) is 24.8 Å². The first-order chi connectivity index (χ1) is 10.8. The summed E-state index contributed by atoms with van der Waals surface area (Å²) < 4.78 is 24.4. The van der Waals surface area contributed by atoms with Crippen LogP contribution in [0, 0.1) is 5.82 Å². The van der Waals surface area contributed by atoms with Crippen LogP contribution in [0.1, 0.15) is 44.1 Å². The summed E-state index contributed by atoms with van der Waals surface area (Å²) in [6.07, 6.45) is 4.19. The molecule has 0 aliphatic carbocycles. The van der Waals surface area contributed by atoms with Gasteiger partial charge < -0.3 is 9.64 Å². The third kappa shape index (κ3) is 3.40. The molecule has 2 aliphatic heterocycles. The van der Waals surface area contributed by atoms with Gasteiger partial charge in [-0.25, -0.2) is 8.79 Å². The van der Waals surface area contributed by atoms with Crippen LogP contribution in [0.3, 0.4) is 0 Å². The van der Waals surface area contributed by atoms with E-state index >= 15 is 0 Å². The van der Waals surface area contributed by atoms with E-state index in [0.29, 0.717) is 12.4 Å². The van der Waals surface area contributed by atoms with Gasteiger partial charge in [0.1, 0.15) is 5.84 Å². The van der Waals surface area contributed by atoms with Crippen molar-refractivity contribution in [2.75, 3.05) is 25.4 Å². The number of halogens is 1. The molecule has 2 heterocycles. The molecule has 1 saturated heterocycles. The molecule has 1 aromatic rings. The van der Waals surface area contributed by atoms with Crippen LogP contribution in [0.25, 0.3) is 0 Å². The van der Waals surface area contributed by atoms with Crippen molar-refractivity contribution in [2.24, 2.45) is 4.40 Å². The molecule has 0 N–H and O–H groups in total. The van der Waals surface area contributed by atoms with Crippen molar-refractivity contribution in [3.8, 4) is 5.75 Å². The van der Waals surface area contributed by atoms with Gasteiger partial charge in [-0.1, -0.05) is 19.4 Å². The Balaban J connectivity index is 1.76. The lowest BCUT2D eigenvalue weighted by molar-refractivity contribution is 0.294. The highest BCUT2D eigenvalue weighted by molar-refractivity contribution is 7.98. The molecule has 2 aliphatic rings. The predicted molar refractivity (Wildman–Crippen MR) is 90.2 cm³/mol. The fourth-order valence-corrected chi connectivity index (χ4v) is 3.82. The first kappa shape index (κ1) is 15.7. The van der Waals surface area contributed by atoms with Crippen molar-refractivity contribution in [2.45, 2.75) is 38.5 Å². The second kappa shape index (κ2) is 7.36. The fourth-order valence-electron chi connectivity index (χ4n) is 3.05. The molecule has 120 valence electrons. The minimum Gasteiger partial charge on any atom is -0.491 e. The first-order valence-corrected chi connectivity index (χ1v) is 9.11. The van der Waals surface area contributed by atoms with Gasteiger partial charge in [-0.15, -0.1) is 0 Å². The summed E-state index contributed by atoms with van der Waals surface area (Å²) in [6, 6.07) is 5.41. The van der Waals surface area contributed by atoms with Crippen LogP contribution in [0.4, 0.5) is 4.39 Å². The van der Waals surface area contributed by atoms with Gasteiger partial charge in [0.05, 0.1) is 6.61 Å². The molecular weight excluding hydrogens is 299 g/mol. The van der Waals surface area contributed by atoms with Crippen LogP contribution in [0.2, 0.25) is 0 Å². The number of fused-ring (bicyclic) bond motifs is 1. The van der Waals surface area contributed by atoms with E-state index in [9.17, 15) is 4.39 Å². The lowest BCUT2D eigenvalue weighted by Gasteiger charge is -2.37. The van der Waals surface area contributed by atoms with E-state index < -0.39 is 0 Å². The summed E-state index contributed by atoms with van der Waals surface area (Å²) in [5.41, 5.74) is 1.02. The number of amidine groups is 1. The Kier molecular flexibility index (Phi) is 5.24. The highest BCUT2D eigenvalue weighted by atomic mass is 32.2. The Morgan fingerprint density at radius 2 is 2.32 bits per heavy atom. The Labute approximate surface area is 136 Å². The smallest absolute Gasteiger partial charge is 0.165 e. The van der Waals surface area contributed by atoms with E-state index in [1.54, 1.807) is 24.1 Å². The number of ether oxygens (including phenoxy) is 1. The molecule has 1 unspecified atom stereocenters. The van der Waals surface area contributed by atoms with Gasteiger partial charge in [-0.2, -0.15) is 0 Å². The lowest BCUT2D eigenvalue weighted by Crippen LogP contribution is -2.43. The second-order valence-corrected chi connectivity index (χ2v) is 6.71. The normalized spacial score (nSPS) is 21.3. The van der Waals surface area contributed by atoms with Crippen molar-refractivity contribution in [1.29, 1.82) is 0 Å². The Hall–Kier alpha value is -1.23. The maximum atomic E-state index is 14.3. The quantitative estimate of drug-likeness (QED) is 0.598. The van der Waals surface area contributed by atoms with Gasteiger partial charge in [0, 0.05) is 24.8 Å². The van der Waals surface area contributed by atoms with Gasteiger partial charge in [0.2, 0.25) is 0 Å². The zero-order chi connectivity index (χ0) is 15.4. The number of hydrogen-bond donors (Lipinski definition) is 0. The molecule has 0 saturated carbocycles. The minimum absolute atomic E-state index is 0.223. The monoisotopic (exact) mass is 322 g/mol. The molecular formula is C17H23FN2OS. The summed E-state index contributed by atoms with van der Waals surface area (Å²) in [5.74, 6) is 2.51. The molecule has 0 bridgehead atoms. The summed E-state index contributed by atoms with van der Waals surface area (Å²) in [5, 5.41) is 0. The first-order valence-electron chi connectivity index (χ1n) is 8.16. The van der Waals surface area contributed by atoms with E-state index in [0.717, 1.165) is 55.9 Å². The fraction of sp³-hybridized carbons (Fsp3) is 0.588. The van der Waals surface area contributed by atoms with Crippen LogP contribution < -0.4 is 4.74 Å². The van der Waals surface area contributed by atoms with E-state index in [2.05, 4.69) is 16.2 Å². The summed E-state index contributed by atoms with van der Waals surface area (Å²) in [4.78, 5) is 2.36. The SMILES string of the molecule is CCCCOc1ccc(C2CCCN3CCSN=C23)cc1F. The third-order valence-corrected chi connectivity index (χ3v) is 4.96. The molecule has 0 aromatic heterocycles. The second-order valence-electron chi connectivity index (χ2n) is 5.86. The largest absolute Gasteiger partial charge is 0.491 e. The molecule has 5 heteroatoms. The van der Waals surface area contributed by atoms with Gasteiger partial charge in [-0.05, 0) is 48.9 Å². The average Bonchev–Trinajstić information content (AvgIpc) is 2.56. The number of benzene rings is 1. The van der Waals surface area contributed by atoms with Crippen molar-refractivity contribution in [3.63, 3.8) is 0 Å². The zero-order valence-corrected chi connectivity index (χ0v) is 13.9. The molecule has 22 heavy (non-hydrogen) atoms. The molecule has 0 spiro atoms. The highest BCUT2D eigenvalue weighted by Crippen LogP contribution is 2.34. The Morgan fingerprint density at radius 3 is 3.14 bits per heavy atom. The maximum Gasteiger partial charge on any atom is 0.165 e. The van der Waals surface area contributed by atoms with E-state index in [-0.39, 0.29) is 11.7 Å². The molecule has 3 nitrogen and oxygen atoms in total. The van der Waals surface area contributed by atoms with Crippen LogP contribution in [-0.4, -0.2) is 36.2 Å². The van der Waals surface area contributed by atoms with Crippen LogP contribution in [0.5, 0.6) is 5.75 Å². The summed E-state index contributed by atoms with van der Waals surface area (Å²) in [7, 11) is 0. The van der Waals surface area contributed by atoms with Crippen LogP contribution >= 0.6 is 11.9 Å². The van der Waals surface area contributed by atoms with Crippen molar-refractivity contribution in [1.82, 2.24) is 4.90 Å². The number of hydrogen-bond acceptors (Lipinski definition) is 4. The van der Waals surface area contributed by atoms with Gasteiger partial charge in [0.25, 0.3) is 0 Å². The number of piperidine rings is 1. The predicted octanol–water partition coefficient (Wildman–Crippen LogP) is 4.24. The summed E-state index contributed by atoms with van der Waals surface area (Å²) >= 11 is 1.63. The Morgan fingerprint density at radius 1 is 1.41 bits per heavy atom. The van der Waals surface area contributed by atoms with Crippen molar-refractivity contribution < 1.29 is 9.13 Å². The molecule has 0 radical (unpaired) electrons. The van der Waals surface area contributed by atoms with Gasteiger partial charge >= 0.3 is 0 Å². The number of rotatable bonds is 5. The van der Waals surface area contributed by atoms with E-state index in [1.165, 1.54) is 0 Å². The summed E-state index contributed by atoms with van der Waals surface area (Å²) in [6.45, 7) is 4.81. The van der Waals surface area contributed by atoms with Crippen LogP contribution in [0.15, 0.2) is 22.6 Å². The molecule has 0 amide bonds. The molecule has 1 atom stereocenters. The Bertz CT molecular complexity index is 549. The van der Waals surface area contributed by atoms with Crippen molar-refractivity contribution >= 4 is 17.8 Å². The number of nitrogens with zero attached hydrogens (tertiary/aromatic N) is 2. The molecule has 1 fully saturated rings. The zero-order valence-electron chi connectivity index (χ0n) is 13.1. The highest BCUT2D eigenvalue weighted by Gasteiger charge is 2.30.